The third-order valence-electron chi connectivity index (χ3n) is 3.26. The highest BCUT2D eigenvalue weighted by atomic mass is 32.2. The van der Waals surface area contributed by atoms with Crippen molar-refractivity contribution in [1.29, 1.82) is 0 Å². The molecule has 0 aromatic carbocycles. The van der Waals surface area contributed by atoms with E-state index in [2.05, 4.69) is 13.8 Å². The first-order valence-corrected chi connectivity index (χ1v) is 7.56. The molecule has 1 fully saturated rings. The van der Waals surface area contributed by atoms with Crippen molar-refractivity contribution in [3.05, 3.63) is 0 Å². The monoisotopic (exact) mass is 228 g/mol. The van der Waals surface area contributed by atoms with E-state index < -0.39 is 0 Å². The molecule has 0 N–H and O–H groups in total. The van der Waals surface area contributed by atoms with Crippen LogP contribution in [0, 0.1) is 11.8 Å². The highest BCUT2D eigenvalue weighted by Crippen LogP contribution is 2.30. The van der Waals surface area contributed by atoms with Crippen LogP contribution in [0.1, 0.15) is 52.4 Å². The van der Waals surface area contributed by atoms with Crippen LogP contribution < -0.4 is 0 Å². The van der Waals surface area contributed by atoms with Crippen LogP contribution in [0.15, 0.2) is 0 Å². The van der Waals surface area contributed by atoms with Crippen LogP contribution >= 0.6 is 11.8 Å². The van der Waals surface area contributed by atoms with Gasteiger partial charge < -0.3 is 0 Å². The van der Waals surface area contributed by atoms with Crippen molar-refractivity contribution in [2.75, 3.05) is 11.5 Å². The standard InChI is InChI=1S/C13H24OS/c1-3-5-7-11-9-15-10-12(13(11)14)8-6-4-2/h11-12H,3-10H2,1-2H3. The molecule has 0 spiro atoms. The zero-order valence-electron chi connectivity index (χ0n) is 10.1. The smallest absolute Gasteiger partial charge is 0.140 e. The van der Waals surface area contributed by atoms with E-state index in [1.807, 2.05) is 11.8 Å². The van der Waals surface area contributed by atoms with Gasteiger partial charge in [-0.25, -0.2) is 0 Å². The highest BCUT2D eigenvalue weighted by Gasteiger charge is 2.30. The molecule has 2 heteroatoms. The Kier molecular flexibility index (Phi) is 6.39. The number of Topliss-reactive ketones (excluding diaryl/α,β-unsaturated/α-hetero) is 1. The number of hydrogen-bond acceptors (Lipinski definition) is 2. The fraction of sp³-hybridized carbons (Fsp3) is 0.923. The van der Waals surface area contributed by atoms with E-state index in [0.717, 1.165) is 24.3 Å². The van der Waals surface area contributed by atoms with E-state index in [4.69, 9.17) is 0 Å². The minimum absolute atomic E-state index is 0.380. The van der Waals surface area contributed by atoms with Gasteiger partial charge in [-0.05, 0) is 12.8 Å². The van der Waals surface area contributed by atoms with Gasteiger partial charge in [0.25, 0.3) is 0 Å². The summed E-state index contributed by atoms with van der Waals surface area (Å²) < 4.78 is 0. The van der Waals surface area contributed by atoms with Gasteiger partial charge in [-0.3, -0.25) is 4.79 Å². The van der Waals surface area contributed by atoms with E-state index in [1.165, 1.54) is 25.7 Å². The normalized spacial score (nSPS) is 26.9. The summed E-state index contributed by atoms with van der Waals surface area (Å²) >= 11 is 1.99. The molecule has 1 saturated heterocycles. The van der Waals surface area contributed by atoms with Crippen molar-refractivity contribution in [1.82, 2.24) is 0 Å². The van der Waals surface area contributed by atoms with Crippen LogP contribution in [0.2, 0.25) is 0 Å². The Hall–Kier alpha value is 0.0200. The van der Waals surface area contributed by atoms with Gasteiger partial charge in [0.1, 0.15) is 5.78 Å². The summed E-state index contributed by atoms with van der Waals surface area (Å²) in [5.74, 6) is 3.51. The molecule has 0 aliphatic carbocycles. The van der Waals surface area contributed by atoms with Gasteiger partial charge in [0, 0.05) is 23.3 Å². The summed E-state index contributed by atoms with van der Waals surface area (Å²) in [5, 5.41) is 0. The Morgan fingerprint density at radius 1 is 1.07 bits per heavy atom. The molecular formula is C13H24OS. The maximum Gasteiger partial charge on any atom is 0.140 e. The van der Waals surface area contributed by atoms with Crippen molar-refractivity contribution in [3.8, 4) is 0 Å². The number of carbonyl (C=O) groups excluding carboxylic acids is 1. The molecule has 2 atom stereocenters. The number of thioether (sulfide) groups is 1. The molecule has 1 heterocycles. The van der Waals surface area contributed by atoms with Crippen molar-refractivity contribution in [3.63, 3.8) is 0 Å². The van der Waals surface area contributed by atoms with Gasteiger partial charge in [0.2, 0.25) is 0 Å². The first kappa shape index (κ1) is 13.1. The van der Waals surface area contributed by atoms with Crippen LogP contribution in [0.3, 0.4) is 0 Å². The maximum atomic E-state index is 12.1. The summed E-state index contributed by atoms with van der Waals surface area (Å²) in [7, 11) is 0. The molecule has 0 bridgehead atoms. The summed E-state index contributed by atoms with van der Waals surface area (Å²) in [6, 6.07) is 0. The van der Waals surface area contributed by atoms with Gasteiger partial charge in [0.05, 0.1) is 0 Å². The lowest BCUT2D eigenvalue weighted by atomic mass is 9.88. The van der Waals surface area contributed by atoms with Crippen LogP contribution in [0.25, 0.3) is 0 Å². The quantitative estimate of drug-likeness (QED) is 0.685. The lowest BCUT2D eigenvalue weighted by Crippen LogP contribution is -2.31. The molecule has 0 amide bonds. The third kappa shape index (κ3) is 4.18. The zero-order chi connectivity index (χ0) is 11.1. The summed E-state index contributed by atoms with van der Waals surface area (Å²) in [5.41, 5.74) is 0. The molecule has 15 heavy (non-hydrogen) atoms. The van der Waals surface area contributed by atoms with E-state index in [-0.39, 0.29) is 0 Å². The molecule has 0 saturated carbocycles. The van der Waals surface area contributed by atoms with E-state index in [0.29, 0.717) is 17.6 Å². The number of ketones is 1. The van der Waals surface area contributed by atoms with Gasteiger partial charge in [0.15, 0.2) is 0 Å². The number of hydrogen-bond donors (Lipinski definition) is 0. The fourth-order valence-electron chi connectivity index (χ4n) is 2.20. The second-order valence-corrected chi connectivity index (χ2v) is 5.69. The van der Waals surface area contributed by atoms with E-state index in [9.17, 15) is 4.79 Å². The van der Waals surface area contributed by atoms with Crippen LogP contribution in [-0.2, 0) is 4.79 Å². The Balaban J connectivity index is 2.36. The second-order valence-electron chi connectivity index (χ2n) is 4.62. The molecule has 1 aliphatic rings. The van der Waals surface area contributed by atoms with Crippen molar-refractivity contribution in [2.45, 2.75) is 52.4 Å². The first-order valence-electron chi connectivity index (χ1n) is 6.41. The molecule has 88 valence electrons. The molecule has 1 rings (SSSR count). The van der Waals surface area contributed by atoms with Gasteiger partial charge in [-0.2, -0.15) is 11.8 Å². The van der Waals surface area contributed by atoms with Crippen molar-refractivity contribution >= 4 is 17.5 Å². The maximum absolute atomic E-state index is 12.1. The van der Waals surface area contributed by atoms with Gasteiger partial charge in [-0.15, -0.1) is 0 Å². The minimum Gasteiger partial charge on any atom is -0.299 e. The van der Waals surface area contributed by atoms with Crippen LogP contribution in [-0.4, -0.2) is 17.3 Å². The molecule has 1 aliphatic heterocycles. The summed E-state index contributed by atoms with van der Waals surface area (Å²) in [4.78, 5) is 12.1. The SMILES string of the molecule is CCCCC1CSCC(CCCC)C1=O. The van der Waals surface area contributed by atoms with Crippen molar-refractivity contribution < 1.29 is 4.79 Å². The third-order valence-corrected chi connectivity index (χ3v) is 4.53. The topological polar surface area (TPSA) is 17.1 Å². The first-order chi connectivity index (χ1) is 7.29. The molecule has 0 aromatic heterocycles. The Bertz CT molecular complexity index is 173. The van der Waals surface area contributed by atoms with E-state index in [1.54, 1.807) is 0 Å². The number of rotatable bonds is 6. The van der Waals surface area contributed by atoms with Crippen LogP contribution in [0.4, 0.5) is 0 Å². The minimum atomic E-state index is 0.380. The average Bonchev–Trinajstić information content (AvgIpc) is 2.26. The number of unbranched alkanes of at least 4 members (excludes halogenated alkanes) is 2. The molecule has 2 unspecified atom stereocenters. The Labute approximate surface area is 98.4 Å². The Morgan fingerprint density at radius 3 is 1.93 bits per heavy atom. The molecule has 0 radical (unpaired) electrons. The zero-order valence-corrected chi connectivity index (χ0v) is 10.9. The fourth-order valence-corrected chi connectivity index (χ4v) is 3.57. The largest absolute Gasteiger partial charge is 0.299 e. The summed E-state index contributed by atoms with van der Waals surface area (Å²) in [6.07, 6.45) is 7.13. The predicted molar refractivity (Wildman–Crippen MR) is 68.4 cm³/mol. The molecular weight excluding hydrogens is 204 g/mol. The summed E-state index contributed by atoms with van der Waals surface area (Å²) in [6.45, 7) is 4.41. The van der Waals surface area contributed by atoms with E-state index >= 15 is 0 Å². The average molecular weight is 228 g/mol. The van der Waals surface area contributed by atoms with Gasteiger partial charge >= 0.3 is 0 Å². The van der Waals surface area contributed by atoms with Crippen LogP contribution in [0.5, 0.6) is 0 Å². The Morgan fingerprint density at radius 2 is 1.53 bits per heavy atom. The highest BCUT2D eigenvalue weighted by molar-refractivity contribution is 7.99. The second kappa shape index (κ2) is 7.32. The number of carbonyl (C=O) groups is 1. The van der Waals surface area contributed by atoms with Crippen molar-refractivity contribution in [2.24, 2.45) is 11.8 Å². The molecule has 0 aromatic rings. The lowest BCUT2D eigenvalue weighted by Gasteiger charge is -2.27. The van der Waals surface area contributed by atoms with Gasteiger partial charge in [-0.1, -0.05) is 39.5 Å². The lowest BCUT2D eigenvalue weighted by molar-refractivity contribution is -0.126. The predicted octanol–water partition coefficient (Wildman–Crippen LogP) is 3.92. The molecule has 1 nitrogen and oxygen atoms in total.